The number of halogens is 2. The van der Waals surface area contributed by atoms with Crippen molar-refractivity contribution in [2.45, 2.75) is 6.92 Å². The summed E-state index contributed by atoms with van der Waals surface area (Å²) < 4.78 is 0. The minimum absolute atomic E-state index is 0.320. The highest BCUT2D eigenvalue weighted by Gasteiger charge is 2.07. The van der Waals surface area contributed by atoms with Crippen LogP contribution in [0, 0.1) is 0 Å². The van der Waals surface area contributed by atoms with Crippen molar-refractivity contribution in [2.24, 2.45) is 5.10 Å². The van der Waals surface area contributed by atoms with E-state index in [9.17, 15) is 4.79 Å². The Bertz CT molecular complexity index is 697. The fraction of sp³-hybridized carbons (Fsp3) is 0.0667. The standard InChI is InChI=1S/C15H13Cl2N3O/c1-9(13-7-4-11(16)8-14(13)17)19-20-15(21)10-2-5-12(18)6-3-10/h2-8H,18H2,1H3,(H,20,21)/b19-9+. The van der Waals surface area contributed by atoms with E-state index in [4.69, 9.17) is 28.9 Å². The third-order valence-corrected chi connectivity index (χ3v) is 3.37. The summed E-state index contributed by atoms with van der Waals surface area (Å²) in [5.74, 6) is -0.320. The van der Waals surface area contributed by atoms with Gasteiger partial charge in [-0.2, -0.15) is 5.10 Å². The normalized spacial score (nSPS) is 11.3. The SMILES string of the molecule is C/C(=N\NC(=O)c1ccc(N)cc1)c1ccc(Cl)cc1Cl. The van der Waals surface area contributed by atoms with Crippen LogP contribution in [-0.2, 0) is 0 Å². The van der Waals surface area contributed by atoms with Crippen molar-refractivity contribution in [1.82, 2.24) is 5.43 Å². The van der Waals surface area contributed by atoms with Gasteiger partial charge in [0.15, 0.2) is 0 Å². The van der Waals surface area contributed by atoms with Crippen LogP contribution in [0.2, 0.25) is 10.0 Å². The second-order valence-corrected chi connectivity index (χ2v) is 5.23. The lowest BCUT2D eigenvalue weighted by atomic mass is 10.1. The number of nitrogen functional groups attached to an aromatic ring is 1. The summed E-state index contributed by atoms with van der Waals surface area (Å²) in [5, 5.41) is 5.06. The van der Waals surface area contributed by atoms with Gasteiger partial charge in [0.1, 0.15) is 0 Å². The van der Waals surface area contributed by atoms with E-state index in [1.165, 1.54) is 0 Å². The number of nitrogens with one attached hydrogen (secondary N) is 1. The summed E-state index contributed by atoms with van der Waals surface area (Å²) in [6.07, 6.45) is 0. The van der Waals surface area contributed by atoms with Crippen LogP contribution in [0.3, 0.4) is 0 Å². The molecule has 4 nitrogen and oxygen atoms in total. The Morgan fingerprint density at radius 1 is 1.14 bits per heavy atom. The average molecular weight is 322 g/mol. The van der Waals surface area contributed by atoms with Crippen LogP contribution in [0.15, 0.2) is 47.6 Å². The zero-order valence-electron chi connectivity index (χ0n) is 11.2. The molecule has 2 rings (SSSR count). The van der Waals surface area contributed by atoms with Crippen molar-refractivity contribution in [1.29, 1.82) is 0 Å². The molecule has 3 N–H and O–H groups in total. The zero-order valence-corrected chi connectivity index (χ0v) is 12.7. The molecule has 0 aromatic heterocycles. The number of nitrogens with two attached hydrogens (primary N) is 1. The highest BCUT2D eigenvalue weighted by atomic mass is 35.5. The Morgan fingerprint density at radius 2 is 1.81 bits per heavy atom. The van der Waals surface area contributed by atoms with Crippen molar-refractivity contribution in [3.05, 3.63) is 63.6 Å². The van der Waals surface area contributed by atoms with Crippen LogP contribution in [-0.4, -0.2) is 11.6 Å². The highest BCUT2D eigenvalue weighted by molar-refractivity contribution is 6.37. The van der Waals surface area contributed by atoms with Gasteiger partial charge in [-0.05, 0) is 43.3 Å². The molecular formula is C15H13Cl2N3O. The fourth-order valence-electron chi connectivity index (χ4n) is 1.68. The number of anilines is 1. The molecular weight excluding hydrogens is 309 g/mol. The van der Waals surface area contributed by atoms with E-state index >= 15 is 0 Å². The molecule has 0 radical (unpaired) electrons. The molecule has 0 unspecified atom stereocenters. The molecule has 6 heteroatoms. The second kappa shape index (κ2) is 6.61. The van der Waals surface area contributed by atoms with Crippen LogP contribution in [0.5, 0.6) is 0 Å². The minimum Gasteiger partial charge on any atom is -0.399 e. The lowest BCUT2D eigenvalue weighted by Crippen LogP contribution is -2.19. The maximum absolute atomic E-state index is 11.9. The number of amides is 1. The second-order valence-electron chi connectivity index (χ2n) is 4.38. The average Bonchev–Trinajstić information content (AvgIpc) is 2.45. The quantitative estimate of drug-likeness (QED) is 0.514. The molecule has 0 spiro atoms. The fourth-order valence-corrected chi connectivity index (χ4v) is 2.22. The maximum Gasteiger partial charge on any atom is 0.271 e. The third-order valence-electron chi connectivity index (χ3n) is 2.82. The minimum atomic E-state index is -0.320. The number of rotatable bonds is 3. The van der Waals surface area contributed by atoms with Gasteiger partial charge in [0.2, 0.25) is 0 Å². The molecule has 0 aliphatic heterocycles. The summed E-state index contributed by atoms with van der Waals surface area (Å²) in [7, 11) is 0. The molecule has 0 saturated carbocycles. The molecule has 0 heterocycles. The Balaban J connectivity index is 2.12. The molecule has 21 heavy (non-hydrogen) atoms. The first-order valence-electron chi connectivity index (χ1n) is 6.13. The van der Waals surface area contributed by atoms with Crippen molar-refractivity contribution in [3.8, 4) is 0 Å². The van der Waals surface area contributed by atoms with Gasteiger partial charge in [-0.3, -0.25) is 4.79 Å². The number of benzene rings is 2. The monoisotopic (exact) mass is 321 g/mol. The van der Waals surface area contributed by atoms with Crippen LogP contribution in [0.1, 0.15) is 22.8 Å². The van der Waals surface area contributed by atoms with Crippen LogP contribution < -0.4 is 11.2 Å². The number of carbonyl (C=O) groups excluding carboxylic acids is 1. The summed E-state index contributed by atoms with van der Waals surface area (Å²) >= 11 is 11.9. The van der Waals surface area contributed by atoms with E-state index in [-0.39, 0.29) is 5.91 Å². The lowest BCUT2D eigenvalue weighted by molar-refractivity contribution is 0.0955. The van der Waals surface area contributed by atoms with Crippen molar-refractivity contribution in [2.75, 3.05) is 5.73 Å². The summed E-state index contributed by atoms with van der Waals surface area (Å²) in [5.41, 5.74) is 10.4. The summed E-state index contributed by atoms with van der Waals surface area (Å²) in [6.45, 7) is 1.75. The molecule has 1 amide bonds. The Kier molecular flexibility index (Phi) is 4.83. The van der Waals surface area contributed by atoms with E-state index in [0.717, 1.165) is 0 Å². The molecule has 0 aliphatic rings. The Morgan fingerprint density at radius 3 is 2.43 bits per heavy atom. The molecule has 2 aromatic rings. The first-order chi connectivity index (χ1) is 9.97. The van der Waals surface area contributed by atoms with Gasteiger partial charge in [0, 0.05) is 21.8 Å². The Hall–Kier alpha value is -2.04. The molecule has 0 bridgehead atoms. The highest BCUT2D eigenvalue weighted by Crippen LogP contribution is 2.21. The maximum atomic E-state index is 11.9. The van der Waals surface area contributed by atoms with Crippen molar-refractivity contribution in [3.63, 3.8) is 0 Å². The van der Waals surface area contributed by atoms with Crippen molar-refractivity contribution >= 4 is 40.5 Å². The number of hydrogen-bond acceptors (Lipinski definition) is 3. The van der Waals surface area contributed by atoms with E-state index in [2.05, 4.69) is 10.5 Å². The lowest BCUT2D eigenvalue weighted by Gasteiger charge is -2.05. The van der Waals surface area contributed by atoms with Crippen LogP contribution in [0.4, 0.5) is 5.69 Å². The molecule has 0 saturated heterocycles. The number of hydrogen-bond donors (Lipinski definition) is 2. The molecule has 0 atom stereocenters. The molecule has 0 fully saturated rings. The molecule has 0 aliphatic carbocycles. The predicted molar refractivity (Wildman–Crippen MR) is 87.0 cm³/mol. The smallest absolute Gasteiger partial charge is 0.271 e. The van der Waals surface area contributed by atoms with Gasteiger partial charge in [0.05, 0.1) is 10.7 Å². The Labute approximate surface area is 132 Å². The van der Waals surface area contributed by atoms with E-state index in [1.54, 1.807) is 49.4 Å². The van der Waals surface area contributed by atoms with E-state index < -0.39 is 0 Å². The van der Waals surface area contributed by atoms with E-state index in [1.807, 2.05) is 0 Å². The van der Waals surface area contributed by atoms with Crippen LogP contribution >= 0.6 is 23.2 Å². The predicted octanol–water partition coefficient (Wildman–Crippen LogP) is 3.73. The molecule has 2 aromatic carbocycles. The van der Waals surface area contributed by atoms with Gasteiger partial charge in [0.25, 0.3) is 5.91 Å². The number of nitrogens with zero attached hydrogens (tertiary/aromatic N) is 1. The largest absolute Gasteiger partial charge is 0.399 e. The van der Waals surface area contributed by atoms with E-state index in [0.29, 0.717) is 32.6 Å². The number of hydrazone groups is 1. The number of carbonyl (C=O) groups is 1. The van der Waals surface area contributed by atoms with Gasteiger partial charge >= 0.3 is 0 Å². The van der Waals surface area contributed by atoms with Gasteiger partial charge in [-0.15, -0.1) is 0 Å². The molecule has 108 valence electrons. The van der Waals surface area contributed by atoms with Gasteiger partial charge < -0.3 is 5.73 Å². The zero-order chi connectivity index (χ0) is 15.4. The third kappa shape index (κ3) is 3.97. The first-order valence-corrected chi connectivity index (χ1v) is 6.88. The first kappa shape index (κ1) is 15.4. The topological polar surface area (TPSA) is 67.5 Å². The van der Waals surface area contributed by atoms with Crippen molar-refractivity contribution < 1.29 is 4.79 Å². The van der Waals surface area contributed by atoms with Gasteiger partial charge in [-0.25, -0.2) is 5.43 Å². The van der Waals surface area contributed by atoms with Gasteiger partial charge in [-0.1, -0.05) is 29.3 Å². The van der Waals surface area contributed by atoms with Crippen LogP contribution in [0.25, 0.3) is 0 Å². The summed E-state index contributed by atoms with van der Waals surface area (Å²) in [6, 6.07) is 11.7. The summed E-state index contributed by atoms with van der Waals surface area (Å²) in [4.78, 5) is 11.9.